The number of hydrogen-bond donors (Lipinski definition) is 2. The van der Waals surface area contributed by atoms with Crippen molar-refractivity contribution < 1.29 is 0 Å². The molecule has 3 nitrogen and oxygen atoms in total. The zero-order valence-electron chi connectivity index (χ0n) is 8.24. The van der Waals surface area contributed by atoms with Crippen molar-refractivity contribution in [2.24, 2.45) is 5.73 Å². The van der Waals surface area contributed by atoms with Crippen molar-refractivity contribution >= 4 is 26.7 Å². The number of nitrogens with two attached hydrogens (primary N) is 2. The first-order chi connectivity index (χ1) is 6.47. The van der Waals surface area contributed by atoms with Crippen LogP contribution in [0.3, 0.4) is 0 Å². The number of hydrogen-bond acceptors (Lipinski definition) is 4. The third-order valence-electron chi connectivity index (χ3n) is 2.15. The molecule has 0 aliphatic carbocycles. The van der Waals surface area contributed by atoms with Crippen molar-refractivity contribution in [2.45, 2.75) is 19.4 Å². The quantitative estimate of drug-likeness (QED) is 0.752. The number of nitrogens with zero attached hydrogens (tertiary/aromatic N) is 1. The predicted octanol–water partition coefficient (Wildman–Crippen LogP) is 2.07. The molecule has 0 fully saturated rings. The van der Waals surface area contributed by atoms with E-state index < -0.39 is 0 Å². The highest BCUT2D eigenvalue weighted by atomic mass is 32.1. The molecule has 0 aliphatic heterocycles. The Bertz CT molecular complexity index is 468. The van der Waals surface area contributed by atoms with E-state index in [1.807, 2.05) is 26.0 Å². The minimum atomic E-state index is -0.313. The fraction of sp³-hybridized carbons (Fsp3) is 0.300. The smallest absolute Gasteiger partial charge is 0.181 e. The van der Waals surface area contributed by atoms with Gasteiger partial charge < -0.3 is 11.5 Å². The van der Waals surface area contributed by atoms with Crippen LogP contribution in [-0.4, -0.2) is 4.98 Å². The second-order valence-corrected chi connectivity index (χ2v) is 5.02. The molecule has 1 heterocycles. The summed E-state index contributed by atoms with van der Waals surface area (Å²) in [5.74, 6) is 0. The molecule has 4 heteroatoms. The third-order valence-corrected chi connectivity index (χ3v) is 3.00. The Morgan fingerprint density at radius 2 is 2.07 bits per heavy atom. The van der Waals surface area contributed by atoms with Crippen LogP contribution in [0.4, 0.5) is 5.13 Å². The summed E-state index contributed by atoms with van der Waals surface area (Å²) in [6, 6.07) is 6.02. The van der Waals surface area contributed by atoms with Crippen LogP contribution in [0.5, 0.6) is 0 Å². The molecule has 0 saturated carbocycles. The SMILES string of the molecule is CC(C)(N)c1ccc2nc(N)sc2c1. The zero-order chi connectivity index (χ0) is 10.3. The van der Waals surface area contributed by atoms with E-state index in [9.17, 15) is 0 Å². The van der Waals surface area contributed by atoms with E-state index in [2.05, 4.69) is 11.1 Å². The van der Waals surface area contributed by atoms with E-state index in [0.717, 1.165) is 15.8 Å². The van der Waals surface area contributed by atoms with E-state index in [4.69, 9.17) is 11.5 Å². The molecule has 2 rings (SSSR count). The highest BCUT2D eigenvalue weighted by Gasteiger charge is 2.14. The van der Waals surface area contributed by atoms with Gasteiger partial charge in [0.2, 0.25) is 0 Å². The van der Waals surface area contributed by atoms with Crippen LogP contribution in [0.15, 0.2) is 18.2 Å². The Hall–Kier alpha value is -1.13. The molecule has 0 saturated heterocycles. The summed E-state index contributed by atoms with van der Waals surface area (Å²) in [5, 5.41) is 0.604. The van der Waals surface area contributed by atoms with Gasteiger partial charge in [0.15, 0.2) is 5.13 Å². The number of aromatic nitrogens is 1. The molecule has 0 unspecified atom stereocenters. The van der Waals surface area contributed by atoms with Crippen molar-refractivity contribution in [1.29, 1.82) is 0 Å². The van der Waals surface area contributed by atoms with Gasteiger partial charge in [-0.15, -0.1) is 0 Å². The maximum Gasteiger partial charge on any atom is 0.181 e. The lowest BCUT2D eigenvalue weighted by Crippen LogP contribution is -2.28. The van der Waals surface area contributed by atoms with Crippen molar-refractivity contribution in [1.82, 2.24) is 4.98 Å². The molecule has 2 aromatic rings. The number of benzene rings is 1. The first kappa shape index (κ1) is 9.43. The minimum absolute atomic E-state index is 0.313. The summed E-state index contributed by atoms with van der Waals surface area (Å²) < 4.78 is 1.10. The number of rotatable bonds is 1. The van der Waals surface area contributed by atoms with Gasteiger partial charge in [0, 0.05) is 5.54 Å². The maximum atomic E-state index is 6.01. The average Bonchev–Trinajstić information content (AvgIpc) is 2.41. The summed E-state index contributed by atoms with van der Waals surface area (Å²) in [4.78, 5) is 4.19. The predicted molar refractivity (Wildman–Crippen MR) is 61.2 cm³/mol. The minimum Gasteiger partial charge on any atom is -0.375 e. The van der Waals surface area contributed by atoms with Gasteiger partial charge in [-0.1, -0.05) is 17.4 Å². The van der Waals surface area contributed by atoms with Gasteiger partial charge in [-0.25, -0.2) is 4.98 Å². The highest BCUT2D eigenvalue weighted by Crippen LogP contribution is 2.27. The number of thiazole rings is 1. The number of fused-ring (bicyclic) bond motifs is 1. The normalized spacial score (nSPS) is 12.2. The lowest BCUT2D eigenvalue weighted by Gasteiger charge is -2.18. The molecule has 14 heavy (non-hydrogen) atoms. The van der Waals surface area contributed by atoms with Crippen LogP contribution < -0.4 is 11.5 Å². The largest absolute Gasteiger partial charge is 0.375 e. The standard InChI is InChI=1S/C10H13N3S/c1-10(2,12)6-3-4-7-8(5-6)14-9(11)13-7/h3-5H,12H2,1-2H3,(H2,11,13). The van der Waals surface area contributed by atoms with Crippen molar-refractivity contribution in [3.63, 3.8) is 0 Å². The second kappa shape index (κ2) is 2.93. The van der Waals surface area contributed by atoms with Gasteiger partial charge in [-0.3, -0.25) is 0 Å². The van der Waals surface area contributed by atoms with E-state index in [1.54, 1.807) is 0 Å². The highest BCUT2D eigenvalue weighted by molar-refractivity contribution is 7.22. The fourth-order valence-electron chi connectivity index (χ4n) is 1.34. The summed E-state index contributed by atoms with van der Waals surface area (Å²) in [6.45, 7) is 3.97. The van der Waals surface area contributed by atoms with Crippen LogP contribution in [-0.2, 0) is 5.54 Å². The lowest BCUT2D eigenvalue weighted by molar-refractivity contribution is 0.555. The topological polar surface area (TPSA) is 64.9 Å². The molecule has 0 aliphatic rings. The molecule has 0 radical (unpaired) electrons. The number of nitrogen functional groups attached to an aromatic ring is 1. The molecule has 1 aromatic carbocycles. The van der Waals surface area contributed by atoms with Gasteiger partial charge in [0.25, 0.3) is 0 Å². The Balaban J connectivity index is 2.62. The molecule has 0 amide bonds. The summed E-state index contributed by atoms with van der Waals surface area (Å²) in [6.07, 6.45) is 0. The summed E-state index contributed by atoms with van der Waals surface area (Å²) >= 11 is 1.49. The Morgan fingerprint density at radius 3 is 2.71 bits per heavy atom. The fourth-order valence-corrected chi connectivity index (χ4v) is 2.12. The van der Waals surface area contributed by atoms with Gasteiger partial charge in [0.1, 0.15) is 0 Å². The van der Waals surface area contributed by atoms with Gasteiger partial charge in [0.05, 0.1) is 10.2 Å². The zero-order valence-corrected chi connectivity index (χ0v) is 9.06. The first-order valence-electron chi connectivity index (χ1n) is 4.42. The molecular weight excluding hydrogens is 194 g/mol. The molecular formula is C10H13N3S. The van der Waals surface area contributed by atoms with Crippen LogP contribution in [0.25, 0.3) is 10.2 Å². The van der Waals surface area contributed by atoms with E-state index in [0.29, 0.717) is 5.13 Å². The molecule has 74 valence electrons. The molecule has 0 bridgehead atoms. The first-order valence-corrected chi connectivity index (χ1v) is 5.24. The van der Waals surface area contributed by atoms with E-state index >= 15 is 0 Å². The average molecular weight is 207 g/mol. The van der Waals surface area contributed by atoms with Crippen LogP contribution >= 0.6 is 11.3 Å². The van der Waals surface area contributed by atoms with Crippen molar-refractivity contribution in [3.05, 3.63) is 23.8 Å². The summed E-state index contributed by atoms with van der Waals surface area (Å²) in [5.41, 5.74) is 13.4. The maximum absolute atomic E-state index is 6.01. The second-order valence-electron chi connectivity index (χ2n) is 3.96. The van der Waals surface area contributed by atoms with Crippen LogP contribution in [0, 0.1) is 0 Å². The molecule has 1 aromatic heterocycles. The van der Waals surface area contributed by atoms with E-state index in [-0.39, 0.29) is 5.54 Å². The van der Waals surface area contributed by atoms with Crippen LogP contribution in [0.1, 0.15) is 19.4 Å². The van der Waals surface area contributed by atoms with Crippen LogP contribution in [0.2, 0.25) is 0 Å². The van der Waals surface area contributed by atoms with Crippen molar-refractivity contribution in [2.75, 3.05) is 5.73 Å². The summed E-state index contributed by atoms with van der Waals surface area (Å²) in [7, 11) is 0. The molecule has 4 N–H and O–H groups in total. The van der Waals surface area contributed by atoms with Gasteiger partial charge >= 0.3 is 0 Å². The van der Waals surface area contributed by atoms with Crippen molar-refractivity contribution in [3.8, 4) is 0 Å². The lowest BCUT2D eigenvalue weighted by atomic mass is 9.96. The van der Waals surface area contributed by atoms with Gasteiger partial charge in [-0.05, 0) is 31.5 Å². The molecule has 0 atom stereocenters. The van der Waals surface area contributed by atoms with E-state index in [1.165, 1.54) is 11.3 Å². The molecule has 0 spiro atoms. The Labute approximate surface area is 86.7 Å². The number of anilines is 1. The Kier molecular flexibility index (Phi) is 1.97. The third kappa shape index (κ3) is 1.58. The monoisotopic (exact) mass is 207 g/mol. The Morgan fingerprint density at radius 1 is 1.36 bits per heavy atom. The van der Waals surface area contributed by atoms with Gasteiger partial charge in [-0.2, -0.15) is 0 Å².